The van der Waals surface area contributed by atoms with Crippen LogP contribution in [0.15, 0.2) is 72.8 Å². The number of hydrogen-bond acceptors (Lipinski definition) is 2. The van der Waals surface area contributed by atoms with Crippen LogP contribution in [0.5, 0.6) is 0 Å². The maximum absolute atomic E-state index is 11.8. The summed E-state index contributed by atoms with van der Waals surface area (Å²) in [6.45, 7) is 5.57. The van der Waals surface area contributed by atoms with Gasteiger partial charge in [0.2, 0.25) is 0 Å². The molecule has 0 aliphatic carbocycles. The lowest BCUT2D eigenvalue weighted by Crippen LogP contribution is -2.03. The smallest absolute Gasteiger partial charge is 0.174 e. The Bertz CT molecular complexity index is 1220. The van der Waals surface area contributed by atoms with E-state index in [1.165, 1.54) is 0 Å². The molecule has 2 nitrogen and oxygen atoms in total. The molecule has 0 atom stereocenters. The number of ketones is 2. The van der Waals surface area contributed by atoms with Crippen molar-refractivity contribution >= 4 is 77.3 Å². The number of fused-ring (bicyclic) bond motifs is 2. The van der Waals surface area contributed by atoms with Gasteiger partial charge in [0.25, 0.3) is 0 Å². The Morgan fingerprint density at radius 3 is 1.55 bits per heavy atom. The van der Waals surface area contributed by atoms with E-state index in [1.807, 2.05) is 74.5 Å². The molecule has 0 fully saturated rings. The monoisotopic (exact) mass is 604 g/mol. The second-order valence-corrected chi connectivity index (χ2v) is 7.63. The fourth-order valence-electron chi connectivity index (χ4n) is 3.67. The molecule has 0 N–H and O–H groups in total. The summed E-state index contributed by atoms with van der Waals surface area (Å²) in [4.78, 5) is 23.3. The molecule has 5 heteroatoms. The normalized spacial score (nSPS) is 10.0. The van der Waals surface area contributed by atoms with Gasteiger partial charge in [-0.25, -0.2) is 0 Å². The van der Waals surface area contributed by atoms with Crippen LogP contribution in [0.4, 0.5) is 0 Å². The molecule has 0 aromatic heterocycles. The molecule has 160 valence electrons. The largest absolute Gasteiger partial charge is 0.294 e. The van der Waals surface area contributed by atoms with Gasteiger partial charge in [-0.2, -0.15) is 0 Å². The van der Waals surface area contributed by atoms with Crippen LogP contribution in [0.25, 0.3) is 21.5 Å². The first-order valence-corrected chi connectivity index (χ1v) is 14.5. The van der Waals surface area contributed by atoms with Gasteiger partial charge >= 0.3 is 0 Å². The Morgan fingerprint density at radius 1 is 0.677 bits per heavy atom. The summed E-state index contributed by atoms with van der Waals surface area (Å²) in [6, 6.07) is 24.1. The molecule has 0 saturated carbocycles. The lowest BCUT2D eigenvalue weighted by molar-refractivity contribution is 0.101. The lowest BCUT2D eigenvalue weighted by Gasteiger charge is -2.07. The number of halogens is 3. The minimum Gasteiger partial charge on any atom is -0.294 e. The molecule has 0 spiro atoms. The number of Topliss-reactive ketones (excluding diaryl/α,β-unsaturated/α-hetero) is 2. The summed E-state index contributed by atoms with van der Waals surface area (Å²) < 4.78 is 0. The van der Waals surface area contributed by atoms with Crippen molar-refractivity contribution in [2.45, 2.75) is 20.8 Å². The molecule has 4 rings (SSSR count). The zero-order valence-electron chi connectivity index (χ0n) is 17.6. The maximum Gasteiger partial charge on any atom is 0.174 e. The van der Waals surface area contributed by atoms with Crippen LogP contribution in [-0.4, -0.2) is 16.9 Å². The van der Waals surface area contributed by atoms with Gasteiger partial charge in [-0.15, -0.1) is 0 Å². The van der Waals surface area contributed by atoms with E-state index in [4.69, 9.17) is 0 Å². The van der Waals surface area contributed by atoms with E-state index in [1.54, 1.807) is 6.92 Å². The van der Waals surface area contributed by atoms with Gasteiger partial charge in [0.15, 0.2) is 11.6 Å². The van der Waals surface area contributed by atoms with Crippen LogP contribution in [-0.2, 0) is 0 Å². The number of carbonyl (C=O) groups is 2. The number of benzene rings is 4. The van der Waals surface area contributed by atoms with Gasteiger partial charge in [-0.05, 0) is 53.4 Å². The third-order valence-corrected chi connectivity index (χ3v) is 5.54. The Kier molecular flexibility index (Phi) is 10.1. The van der Waals surface area contributed by atoms with Crippen LogP contribution in [0, 0.1) is 13.8 Å². The van der Waals surface area contributed by atoms with Crippen molar-refractivity contribution in [3.63, 3.8) is 0 Å². The van der Waals surface area contributed by atoms with Crippen LogP contribution < -0.4 is 0 Å². The van der Waals surface area contributed by atoms with Crippen molar-refractivity contribution in [3.8, 4) is 0 Å². The van der Waals surface area contributed by atoms with Crippen molar-refractivity contribution in [2.24, 2.45) is 0 Å². The van der Waals surface area contributed by atoms with E-state index < -0.39 is 0 Å². The average Bonchev–Trinajstić information content (AvgIpc) is 2.80. The molecule has 0 aliphatic heterocycles. The molecule has 0 aliphatic rings. The van der Waals surface area contributed by atoms with Crippen LogP contribution in [0.3, 0.4) is 0 Å². The van der Waals surface area contributed by atoms with Gasteiger partial charge < -0.3 is 0 Å². The maximum atomic E-state index is 11.8. The summed E-state index contributed by atoms with van der Waals surface area (Å²) in [5.74, 6) is 0.281. The second kappa shape index (κ2) is 12.3. The molecule has 0 saturated heterocycles. The van der Waals surface area contributed by atoms with Gasteiger partial charge in [0.05, 0.1) is 5.33 Å². The number of hydrogen-bond donors (Lipinski definition) is 0. The van der Waals surface area contributed by atoms with E-state index in [-0.39, 0.29) is 11.6 Å². The highest BCUT2D eigenvalue weighted by atomic mass is 80.9. The topological polar surface area (TPSA) is 34.1 Å². The first-order chi connectivity index (χ1) is 14.9. The standard InChI is InChI=1S/C13H11BrO.C13H12O.Br2/c1-9-6-7-10-4-2-3-5-11(10)13(9)12(15)8-14;1-9-7-8-11-5-3-4-6-12(11)13(9)10(2)14;1-2/h2-7H,8H2,1H3;3-8H,1-2H3;. The molecular formula is C26H23Br3O2. The Morgan fingerprint density at radius 2 is 1.10 bits per heavy atom. The molecule has 4 aromatic carbocycles. The van der Waals surface area contributed by atoms with Crippen molar-refractivity contribution < 1.29 is 9.59 Å². The van der Waals surface area contributed by atoms with Gasteiger partial charge in [0, 0.05) is 39.4 Å². The predicted octanol–water partition coefficient (Wildman–Crippen LogP) is 8.77. The van der Waals surface area contributed by atoms with E-state index in [0.717, 1.165) is 43.8 Å². The second-order valence-electron chi connectivity index (χ2n) is 7.07. The minimum atomic E-state index is 0.138. The first-order valence-electron chi connectivity index (χ1n) is 9.65. The van der Waals surface area contributed by atoms with Gasteiger partial charge in [0.1, 0.15) is 0 Å². The van der Waals surface area contributed by atoms with Crippen molar-refractivity contribution in [2.75, 3.05) is 5.33 Å². The molecular weight excluding hydrogens is 584 g/mol. The summed E-state index contributed by atoms with van der Waals surface area (Å²) >= 11 is 8.72. The molecule has 0 heterocycles. The van der Waals surface area contributed by atoms with E-state index in [2.05, 4.69) is 56.3 Å². The predicted molar refractivity (Wildman–Crippen MR) is 143 cm³/mol. The molecule has 0 radical (unpaired) electrons. The Hall–Kier alpha value is -1.82. The van der Waals surface area contributed by atoms with Crippen LogP contribution >= 0.6 is 44.2 Å². The highest BCUT2D eigenvalue weighted by Gasteiger charge is 2.11. The van der Waals surface area contributed by atoms with Crippen LogP contribution in [0.1, 0.15) is 38.8 Å². The van der Waals surface area contributed by atoms with Crippen LogP contribution in [0.2, 0.25) is 0 Å². The zero-order chi connectivity index (χ0) is 23.0. The van der Waals surface area contributed by atoms with Crippen molar-refractivity contribution in [1.29, 1.82) is 0 Å². The highest BCUT2D eigenvalue weighted by molar-refractivity contribution is 9.93. The molecule has 0 bridgehead atoms. The fourth-order valence-corrected chi connectivity index (χ4v) is 3.95. The Balaban J connectivity index is 0.000000204. The molecule has 0 amide bonds. The quantitative estimate of drug-likeness (QED) is 0.173. The number of carbonyl (C=O) groups excluding carboxylic acids is 2. The zero-order valence-corrected chi connectivity index (χ0v) is 22.3. The van der Waals surface area contributed by atoms with Crippen molar-refractivity contribution in [3.05, 3.63) is 95.1 Å². The summed E-state index contributed by atoms with van der Waals surface area (Å²) in [6.07, 6.45) is 0. The fraction of sp³-hybridized carbons (Fsp3) is 0.154. The highest BCUT2D eigenvalue weighted by Crippen LogP contribution is 2.23. The van der Waals surface area contributed by atoms with Gasteiger partial charge in [-0.1, -0.05) is 88.7 Å². The lowest BCUT2D eigenvalue weighted by atomic mass is 9.97. The number of aryl methyl sites for hydroxylation is 2. The summed E-state index contributed by atoms with van der Waals surface area (Å²) in [5, 5.41) is 4.72. The SMILES string of the molecule is BrBr.CC(=O)c1c(C)ccc2ccccc12.Cc1ccc2ccccc2c1C(=O)CBr. The number of rotatable bonds is 3. The third kappa shape index (κ3) is 6.12. The molecule has 31 heavy (non-hydrogen) atoms. The average molecular weight is 607 g/mol. The minimum absolute atomic E-state index is 0.138. The van der Waals surface area contributed by atoms with E-state index in [0.29, 0.717) is 5.33 Å². The third-order valence-electron chi connectivity index (χ3n) is 5.03. The molecule has 0 unspecified atom stereocenters. The van der Waals surface area contributed by atoms with E-state index in [9.17, 15) is 9.59 Å². The first kappa shape index (κ1) is 25.4. The van der Waals surface area contributed by atoms with E-state index >= 15 is 0 Å². The summed E-state index contributed by atoms with van der Waals surface area (Å²) in [7, 11) is 0. The van der Waals surface area contributed by atoms with Gasteiger partial charge in [-0.3, -0.25) is 9.59 Å². The molecule has 4 aromatic rings. The number of alkyl halides is 1. The summed E-state index contributed by atoms with van der Waals surface area (Å²) in [5.41, 5.74) is 3.78. The van der Waals surface area contributed by atoms with Crippen molar-refractivity contribution in [1.82, 2.24) is 0 Å². The Labute approximate surface area is 207 Å².